The Kier molecular flexibility index (Phi) is 8.00. The standard InChI is InChI=1S/C32H37FN4O2/c1-21-11-12-24(16-27(21)33)22(2)37(30(39)31(3,4)5)14-8-9-23-15-25-17-32(20-38,18-28(25)36-19-23)26-10-7-13-35-29(26)34-6/h7-13,15-16,19-20,22H,14,17-18H2,1-6H3,(H,34,35). The number of nitrogens with one attached hydrogen (secondary N) is 1. The van der Waals surface area contributed by atoms with Crippen molar-refractivity contribution < 1.29 is 14.0 Å². The van der Waals surface area contributed by atoms with Crippen LogP contribution in [0.2, 0.25) is 0 Å². The Bertz CT molecular complexity index is 1410. The number of aldehydes is 1. The largest absolute Gasteiger partial charge is 0.373 e. The van der Waals surface area contributed by atoms with Crippen LogP contribution in [0.4, 0.5) is 10.2 Å². The van der Waals surface area contributed by atoms with Gasteiger partial charge in [0.15, 0.2) is 0 Å². The van der Waals surface area contributed by atoms with Crippen LogP contribution in [-0.2, 0) is 27.8 Å². The number of fused-ring (bicyclic) bond motifs is 1. The van der Waals surface area contributed by atoms with Crippen LogP contribution >= 0.6 is 0 Å². The minimum absolute atomic E-state index is 0.0136. The summed E-state index contributed by atoms with van der Waals surface area (Å²) in [7, 11) is 1.80. The second-order valence-corrected chi connectivity index (χ2v) is 11.4. The lowest BCUT2D eigenvalue weighted by Crippen LogP contribution is -2.41. The molecule has 0 radical (unpaired) electrons. The number of halogens is 1. The fourth-order valence-electron chi connectivity index (χ4n) is 5.20. The van der Waals surface area contributed by atoms with E-state index in [1.165, 1.54) is 6.07 Å². The lowest BCUT2D eigenvalue weighted by Gasteiger charge is -2.34. The average Bonchev–Trinajstić information content (AvgIpc) is 3.30. The van der Waals surface area contributed by atoms with E-state index in [1.54, 1.807) is 37.3 Å². The van der Waals surface area contributed by atoms with Crippen molar-refractivity contribution >= 4 is 24.1 Å². The predicted octanol–water partition coefficient (Wildman–Crippen LogP) is 5.85. The predicted molar refractivity (Wildman–Crippen MR) is 153 cm³/mol. The number of carbonyl (C=O) groups excluding carboxylic acids is 2. The number of aryl methyl sites for hydroxylation is 1. The van der Waals surface area contributed by atoms with Gasteiger partial charge in [-0.2, -0.15) is 0 Å². The molecule has 4 rings (SSSR count). The molecule has 1 amide bonds. The van der Waals surface area contributed by atoms with Crippen molar-refractivity contribution in [3.63, 3.8) is 0 Å². The van der Waals surface area contributed by atoms with Crippen molar-refractivity contribution in [3.05, 3.63) is 94.2 Å². The fourth-order valence-corrected chi connectivity index (χ4v) is 5.20. The van der Waals surface area contributed by atoms with E-state index in [9.17, 15) is 14.0 Å². The first kappa shape index (κ1) is 28.1. The van der Waals surface area contributed by atoms with Crippen LogP contribution < -0.4 is 5.32 Å². The number of anilines is 1. The zero-order valence-corrected chi connectivity index (χ0v) is 23.6. The third-order valence-corrected chi connectivity index (χ3v) is 7.54. The zero-order valence-electron chi connectivity index (χ0n) is 23.6. The van der Waals surface area contributed by atoms with E-state index in [0.29, 0.717) is 30.8 Å². The van der Waals surface area contributed by atoms with Gasteiger partial charge in [0.1, 0.15) is 17.9 Å². The Hall–Kier alpha value is -3.87. The molecule has 2 heterocycles. The van der Waals surface area contributed by atoms with Crippen LogP contribution in [0, 0.1) is 18.2 Å². The number of hydrogen-bond donors (Lipinski definition) is 1. The Morgan fingerprint density at radius 3 is 2.64 bits per heavy atom. The first-order valence-electron chi connectivity index (χ1n) is 13.3. The van der Waals surface area contributed by atoms with Gasteiger partial charge in [-0.1, -0.05) is 51.1 Å². The van der Waals surface area contributed by atoms with Gasteiger partial charge < -0.3 is 15.0 Å². The summed E-state index contributed by atoms with van der Waals surface area (Å²) in [5, 5.41) is 3.10. The Morgan fingerprint density at radius 2 is 1.97 bits per heavy atom. The maximum atomic E-state index is 14.3. The second kappa shape index (κ2) is 11.1. The van der Waals surface area contributed by atoms with Crippen LogP contribution in [0.25, 0.3) is 6.08 Å². The molecule has 204 valence electrons. The highest BCUT2D eigenvalue weighted by Gasteiger charge is 2.41. The maximum absolute atomic E-state index is 14.3. The number of hydrogen-bond acceptors (Lipinski definition) is 5. The molecule has 1 aliphatic carbocycles. The molecule has 0 aliphatic heterocycles. The average molecular weight is 529 g/mol. The molecular formula is C32H37FN4O2. The molecular weight excluding hydrogens is 491 g/mol. The SMILES string of the molecule is CNc1ncccc1C1(C=O)Cc2cc(C=CCN(C(=O)C(C)(C)C)C(C)c3ccc(C)c(F)c3)cnc2C1. The van der Waals surface area contributed by atoms with Crippen molar-refractivity contribution in [1.29, 1.82) is 0 Å². The first-order chi connectivity index (χ1) is 18.5. The van der Waals surface area contributed by atoms with Gasteiger partial charge in [0, 0.05) is 49.1 Å². The summed E-state index contributed by atoms with van der Waals surface area (Å²) < 4.78 is 14.3. The Morgan fingerprint density at radius 1 is 1.21 bits per heavy atom. The number of nitrogens with zero attached hydrogens (tertiary/aromatic N) is 3. The molecule has 7 heteroatoms. The smallest absolute Gasteiger partial charge is 0.228 e. The molecule has 2 aromatic heterocycles. The summed E-state index contributed by atoms with van der Waals surface area (Å²) >= 11 is 0. The first-order valence-corrected chi connectivity index (χ1v) is 13.3. The third-order valence-electron chi connectivity index (χ3n) is 7.54. The molecule has 1 aromatic carbocycles. The van der Waals surface area contributed by atoms with Crippen LogP contribution in [0.3, 0.4) is 0 Å². The molecule has 0 fully saturated rings. The van der Waals surface area contributed by atoms with Crippen molar-refractivity contribution in [3.8, 4) is 0 Å². The van der Waals surface area contributed by atoms with Crippen LogP contribution in [-0.4, -0.2) is 40.7 Å². The molecule has 0 saturated carbocycles. The molecule has 1 N–H and O–H groups in total. The minimum Gasteiger partial charge on any atom is -0.373 e. The number of carbonyl (C=O) groups is 2. The molecule has 1 aliphatic rings. The van der Waals surface area contributed by atoms with E-state index in [2.05, 4.69) is 21.4 Å². The molecule has 6 nitrogen and oxygen atoms in total. The minimum atomic E-state index is -0.709. The molecule has 0 bridgehead atoms. The second-order valence-electron chi connectivity index (χ2n) is 11.4. The molecule has 2 unspecified atom stereocenters. The lowest BCUT2D eigenvalue weighted by atomic mass is 9.79. The Balaban J connectivity index is 1.56. The topological polar surface area (TPSA) is 75.2 Å². The van der Waals surface area contributed by atoms with Gasteiger partial charge in [-0.05, 0) is 60.7 Å². The van der Waals surface area contributed by atoms with Gasteiger partial charge in [-0.3, -0.25) is 9.78 Å². The molecule has 39 heavy (non-hydrogen) atoms. The number of pyridine rings is 2. The van der Waals surface area contributed by atoms with Gasteiger partial charge in [0.25, 0.3) is 0 Å². The van der Waals surface area contributed by atoms with Crippen molar-refractivity contribution in [2.24, 2.45) is 5.41 Å². The number of rotatable bonds is 8. The summed E-state index contributed by atoms with van der Waals surface area (Å²) in [6.07, 6.45) is 9.49. The summed E-state index contributed by atoms with van der Waals surface area (Å²) in [6, 6.07) is 10.7. The summed E-state index contributed by atoms with van der Waals surface area (Å²) in [5.41, 5.74) is 3.74. The van der Waals surface area contributed by atoms with E-state index < -0.39 is 10.8 Å². The third kappa shape index (κ3) is 5.77. The van der Waals surface area contributed by atoms with Crippen molar-refractivity contribution in [2.75, 3.05) is 18.9 Å². The van der Waals surface area contributed by atoms with Crippen molar-refractivity contribution in [1.82, 2.24) is 14.9 Å². The summed E-state index contributed by atoms with van der Waals surface area (Å²) in [5.74, 6) is 0.408. The van der Waals surface area contributed by atoms with E-state index in [1.807, 2.05) is 58.0 Å². The van der Waals surface area contributed by atoms with Crippen LogP contribution in [0.15, 0.2) is 54.9 Å². The molecule has 3 aromatic rings. The van der Waals surface area contributed by atoms with Gasteiger partial charge in [-0.25, -0.2) is 9.37 Å². The maximum Gasteiger partial charge on any atom is 0.228 e. The highest BCUT2D eigenvalue weighted by Crippen LogP contribution is 2.40. The summed E-state index contributed by atoms with van der Waals surface area (Å²) in [4.78, 5) is 36.6. The van der Waals surface area contributed by atoms with Crippen molar-refractivity contribution in [2.45, 2.75) is 58.9 Å². The van der Waals surface area contributed by atoms with Gasteiger partial charge in [-0.15, -0.1) is 0 Å². The molecule has 2 atom stereocenters. The monoisotopic (exact) mass is 528 g/mol. The number of aromatic nitrogens is 2. The number of benzene rings is 1. The van der Waals surface area contributed by atoms with Gasteiger partial charge >= 0.3 is 0 Å². The lowest BCUT2D eigenvalue weighted by molar-refractivity contribution is -0.141. The summed E-state index contributed by atoms with van der Waals surface area (Å²) in [6.45, 7) is 9.68. The van der Waals surface area contributed by atoms with E-state index in [4.69, 9.17) is 0 Å². The highest BCUT2D eigenvalue weighted by molar-refractivity contribution is 5.82. The molecule has 0 saturated heterocycles. The van der Waals surface area contributed by atoms with Gasteiger partial charge in [0.05, 0.1) is 11.5 Å². The zero-order chi connectivity index (χ0) is 28.4. The highest BCUT2D eigenvalue weighted by atomic mass is 19.1. The van der Waals surface area contributed by atoms with Crippen LogP contribution in [0.1, 0.15) is 67.2 Å². The number of amides is 1. The van der Waals surface area contributed by atoms with E-state index >= 15 is 0 Å². The molecule has 0 spiro atoms. The fraction of sp³-hybridized carbons (Fsp3) is 0.375. The normalized spacial score (nSPS) is 17.6. The van der Waals surface area contributed by atoms with Gasteiger partial charge in [0.2, 0.25) is 5.91 Å². The Labute approximate surface area is 230 Å². The quantitative estimate of drug-likeness (QED) is 0.371. The van der Waals surface area contributed by atoms with Crippen LogP contribution in [0.5, 0.6) is 0 Å². The van der Waals surface area contributed by atoms with E-state index in [-0.39, 0.29) is 17.8 Å². The van der Waals surface area contributed by atoms with E-state index in [0.717, 1.165) is 34.2 Å².